The first-order valence-electron chi connectivity index (χ1n) is 46.6. The molecule has 3 fully saturated rings. The Morgan fingerprint density at radius 3 is 1.89 bits per heavy atom. The molecule has 2 aromatic heterocycles. The maximum absolute atomic E-state index is 15.3. The van der Waals surface area contributed by atoms with E-state index in [2.05, 4.69) is 47.2 Å². The third kappa shape index (κ3) is 35.7. The largest absolute Gasteiger partial charge is 0.445 e. The Hall–Kier alpha value is -10.2. The van der Waals surface area contributed by atoms with Gasteiger partial charge in [-0.15, -0.1) is 16.4 Å². The van der Waals surface area contributed by atoms with Gasteiger partial charge in [-0.2, -0.15) is 0 Å². The molecular weight excluding hydrogens is 1770 g/mol. The lowest BCUT2D eigenvalue weighted by Gasteiger charge is -2.41. The first-order valence-corrected chi connectivity index (χ1v) is 47.5. The summed E-state index contributed by atoms with van der Waals surface area (Å²) >= 11 is 1.46. The second-order valence-electron chi connectivity index (χ2n) is 34.5. The minimum absolute atomic E-state index is 0.0255. The maximum atomic E-state index is 15.3. The third-order valence-electron chi connectivity index (χ3n) is 24.2. The summed E-state index contributed by atoms with van der Waals surface area (Å²) in [6, 6.07) is 7.19. The molecule has 1 saturated carbocycles. The van der Waals surface area contributed by atoms with E-state index in [0.717, 1.165) is 27.6 Å². The number of rotatable bonds is 65. The summed E-state index contributed by atoms with van der Waals surface area (Å²) in [4.78, 5) is 178. The summed E-state index contributed by atoms with van der Waals surface area (Å²) in [6.07, 6.45) is 6.38. The molecule has 4 aromatic rings. The predicted molar refractivity (Wildman–Crippen MR) is 494 cm³/mol. The summed E-state index contributed by atoms with van der Waals surface area (Å²) in [5, 5.41) is 28.1. The summed E-state index contributed by atoms with van der Waals surface area (Å²) in [7, 11) is 7.80. The Kier molecular flexibility index (Phi) is 48.1. The lowest BCUT2D eigenvalue weighted by Crippen LogP contribution is -2.60. The van der Waals surface area contributed by atoms with Gasteiger partial charge in [0, 0.05) is 96.9 Å². The fourth-order valence-corrected chi connectivity index (χ4v) is 17.5. The molecule has 750 valence electrons. The van der Waals surface area contributed by atoms with Crippen molar-refractivity contribution in [2.24, 2.45) is 35.3 Å². The number of anilines is 1. The number of amides is 13. The molecule has 13 atom stereocenters. The van der Waals surface area contributed by atoms with Gasteiger partial charge in [-0.3, -0.25) is 53.0 Å². The molecule has 0 radical (unpaired) electrons. The van der Waals surface area contributed by atoms with Crippen molar-refractivity contribution in [1.29, 1.82) is 0 Å². The SMILES string of the molecule is CC[C@H](C)[C@@H]([C@@H](CC(=O)N1CCC[C@H]1[C@H](OC)[C@@H](C)C(=O)N[C@@H](Cc1ccccc1)c1nccs1)OC)N(C)C(=O)[C@@H](NC(=O)[C@@H]1[C@H]2CC[C@H](C2)N1C(=O)OCc1ccc(NC(=O)[C@H](CCCNC(N)=O)NC(=O)[C@@H](NC(=O)CCOCCN2C(=O)C=CC2=O)C(C)C)cc1CN(C)C(=O)OCc1cn(CCOCCOCCOCCOCCOCCOCCOCCOC)nn1)C(C)C. The van der Waals surface area contributed by atoms with Crippen molar-refractivity contribution in [3.63, 3.8) is 0 Å². The van der Waals surface area contributed by atoms with Crippen LogP contribution in [0.1, 0.15) is 146 Å². The Morgan fingerprint density at radius 1 is 0.659 bits per heavy atom. The van der Waals surface area contributed by atoms with E-state index in [-0.39, 0.29) is 101 Å². The second kappa shape index (κ2) is 59.0. The van der Waals surface area contributed by atoms with Crippen molar-refractivity contribution in [2.45, 2.75) is 206 Å². The third-order valence-corrected chi connectivity index (χ3v) is 25.1. The first-order chi connectivity index (χ1) is 65.0. The highest BCUT2D eigenvalue weighted by molar-refractivity contribution is 7.09. The molecule has 41 nitrogen and oxygen atoms in total. The minimum Gasteiger partial charge on any atom is -0.445 e. The zero-order chi connectivity index (χ0) is 97.7. The van der Waals surface area contributed by atoms with Crippen molar-refractivity contribution in [1.82, 2.24) is 71.1 Å². The molecule has 2 bridgehead atoms. The van der Waals surface area contributed by atoms with E-state index in [0.29, 0.717) is 167 Å². The number of urea groups is 1. The van der Waals surface area contributed by atoms with Gasteiger partial charge in [-0.05, 0) is 104 Å². The van der Waals surface area contributed by atoms with Crippen LogP contribution >= 0.6 is 11.3 Å². The van der Waals surface area contributed by atoms with Crippen molar-refractivity contribution in [3.8, 4) is 0 Å². The van der Waals surface area contributed by atoms with Gasteiger partial charge in [-0.1, -0.05) is 96.5 Å². The number of carbonyl (C=O) groups is 12. The normalized spacial score (nSPS) is 17.7. The number of primary amides is 1. The summed E-state index contributed by atoms with van der Waals surface area (Å²) in [6.45, 7) is 18.8. The number of aromatic nitrogens is 4. The van der Waals surface area contributed by atoms with Crippen molar-refractivity contribution >= 4 is 88.4 Å². The van der Waals surface area contributed by atoms with E-state index in [1.807, 2.05) is 70.3 Å². The van der Waals surface area contributed by atoms with Crippen LogP contribution < -0.4 is 37.6 Å². The molecule has 8 rings (SSSR count). The van der Waals surface area contributed by atoms with Crippen LogP contribution in [0.25, 0.3) is 0 Å². The van der Waals surface area contributed by atoms with Crippen LogP contribution in [0.3, 0.4) is 0 Å². The van der Waals surface area contributed by atoms with Gasteiger partial charge in [0.2, 0.25) is 41.4 Å². The van der Waals surface area contributed by atoms with E-state index in [1.54, 1.807) is 69.4 Å². The minimum atomic E-state index is -1.29. The number of imide groups is 1. The van der Waals surface area contributed by atoms with Gasteiger partial charge in [0.25, 0.3) is 11.8 Å². The number of hydrogen-bond donors (Lipinski definition) is 7. The van der Waals surface area contributed by atoms with E-state index in [4.69, 9.17) is 67.3 Å². The average molecular weight is 1920 g/mol. The number of carbonyl (C=O) groups excluding carboxylic acids is 12. The van der Waals surface area contributed by atoms with Crippen molar-refractivity contribution in [3.05, 3.63) is 106 Å². The number of fused-ring (bicyclic) bond motifs is 2. The highest BCUT2D eigenvalue weighted by atomic mass is 32.1. The van der Waals surface area contributed by atoms with Gasteiger partial charge in [0.05, 0.1) is 174 Å². The Labute approximate surface area is 794 Å². The highest BCUT2D eigenvalue weighted by Gasteiger charge is 2.53. The number of benzene rings is 2. The van der Waals surface area contributed by atoms with Crippen LogP contribution in [-0.4, -0.2) is 338 Å². The van der Waals surface area contributed by atoms with Crippen LogP contribution in [-0.2, 0) is 137 Å². The number of likely N-dealkylation sites (N-methyl/N-ethyl adjacent to an activating group) is 1. The Bertz CT molecular complexity index is 4360. The monoisotopic (exact) mass is 1920 g/mol. The van der Waals surface area contributed by atoms with Crippen LogP contribution in [0.4, 0.5) is 20.1 Å². The van der Waals surface area contributed by atoms with Gasteiger partial charge in [0.15, 0.2) is 0 Å². The summed E-state index contributed by atoms with van der Waals surface area (Å²) < 4.78 is 75.1. The molecule has 5 heterocycles. The fraction of sp³-hybridized carbons (Fsp3) is 0.667. The maximum Gasteiger partial charge on any atom is 0.411 e. The van der Waals surface area contributed by atoms with Gasteiger partial charge in [0.1, 0.15) is 48.1 Å². The Balaban J connectivity index is 0.898. The van der Waals surface area contributed by atoms with Crippen LogP contribution in [0.5, 0.6) is 0 Å². The smallest absolute Gasteiger partial charge is 0.411 e. The topological polar surface area (TPSA) is 483 Å². The van der Waals surface area contributed by atoms with Crippen LogP contribution in [0, 0.1) is 29.6 Å². The van der Waals surface area contributed by atoms with E-state index in [9.17, 15) is 47.9 Å². The number of likely N-dealkylation sites (tertiary alicyclic amines) is 2. The Morgan fingerprint density at radius 2 is 1.29 bits per heavy atom. The second-order valence-corrected chi connectivity index (χ2v) is 35.4. The van der Waals surface area contributed by atoms with Gasteiger partial charge >= 0.3 is 18.2 Å². The van der Waals surface area contributed by atoms with Crippen LogP contribution in [0.15, 0.2) is 78.5 Å². The predicted octanol–water partition coefficient (Wildman–Crippen LogP) is 5.26. The molecule has 2 saturated heterocycles. The molecular formula is C93H142N16O25S. The number of nitrogens with one attached hydrogen (secondary N) is 6. The molecule has 2 aromatic carbocycles. The zero-order valence-corrected chi connectivity index (χ0v) is 80.9. The number of nitrogens with zero attached hydrogens (tertiary/aromatic N) is 9. The number of hydrogen-bond acceptors (Lipinski definition) is 29. The number of piperidine rings is 1. The molecule has 0 spiro atoms. The molecule has 13 amide bonds. The number of thiazole rings is 1. The lowest BCUT2D eigenvalue weighted by atomic mass is 9.89. The number of ether oxygens (including phenoxy) is 13. The molecule has 0 unspecified atom stereocenters. The number of methoxy groups -OCH3 is 3. The zero-order valence-electron chi connectivity index (χ0n) is 80.1. The molecule has 42 heteroatoms. The fourth-order valence-electron chi connectivity index (χ4n) is 16.8. The molecule has 1 aliphatic carbocycles. The van der Waals surface area contributed by atoms with E-state index >= 15 is 9.59 Å². The molecule has 3 aliphatic heterocycles. The van der Waals surface area contributed by atoms with E-state index in [1.165, 1.54) is 46.0 Å². The average Bonchev–Trinajstić information content (AvgIpc) is 1.62. The molecule has 8 N–H and O–H groups in total. The lowest BCUT2D eigenvalue weighted by molar-refractivity contribution is -0.148. The van der Waals surface area contributed by atoms with Crippen LogP contribution in [0.2, 0.25) is 0 Å². The first kappa shape index (κ1) is 110. The summed E-state index contributed by atoms with van der Waals surface area (Å²) in [5.41, 5.74) is 7.62. The van der Waals surface area contributed by atoms with Gasteiger partial charge in [-0.25, -0.2) is 24.0 Å². The van der Waals surface area contributed by atoms with E-state index < -0.39 is 144 Å². The van der Waals surface area contributed by atoms with Gasteiger partial charge < -0.3 is 114 Å². The quantitative estimate of drug-likeness (QED) is 0.0219. The van der Waals surface area contributed by atoms with Crippen molar-refractivity contribution < 1.29 is 119 Å². The molecule has 135 heavy (non-hydrogen) atoms. The highest BCUT2D eigenvalue weighted by Crippen LogP contribution is 2.43. The number of nitrogens with two attached hydrogens (primary N) is 1. The molecule has 4 aliphatic rings. The van der Waals surface area contributed by atoms with Crippen molar-refractivity contribution in [2.75, 3.05) is 173 Å². The summed E-state index contributed by atoms with van der Waals surface area (Å²) in [5.74, 6) is -6.56. The standard InChI is InChI=1S/C93H142N16O25S/c1-13-63(6)82(75(123-11)56-79(113)107-32-18-22-74(107)84(124-12)64(7)85(114)99-73(89-95-31-52-135-89)53-65-19-15-14-16-20-65)105(9)90(118)81(62(4)5)101-88(117)83-66-24-26-71(55-66)109(83)93(121)133-59-67-23-25-69(97-86(115)72(21-17-30-96-91(94)119)98-87(116)80(61(2)3)100-76(110)29-35-125-37-34-108-77(111)27-28-78(108)112)54-68(67)57-104(8)92(120)134-60-70-58-106(103-102-70)33-36-126-40-41-128-44-45-130-48-49-132-51-50-131-47-46-129-43-42-127-39-38-122-10/h14-16,19-20,23,25,27-28,31,52,54,58,61-64,66,71-75,80-84H,13,17-18,21-22,24,26,29-30,32-51,53,55-57,59-60H2,1-12H3,(H,97,115)(H,98,116)(H,99,114)(H,100,110)(H,101,117)(H3,94,96,119)/t63-,64+,66-,71+,72-,73-,74-,75+,80-,81-,82-,83-,84+/m0/s1.